The molecule has 0 aliphatic heterocycles. The molecule has 0 spiro atoms. The largest absolute Gasteiger partial charge is 0.375 e. The van der Waals surface area contributed by atoms with Crippen molar-refractivity contribution >= 4 is 43.3 Å². The number of rotatable bonds is 3. The average molecular weight is 315 g/mol. The van der Waals surface area contributed by atoms with Gasteiger partial charge in [-0.25, -0.2) is 13.1 Å². The predicted octanol–water partition coefficient (Wildman–Crippen LogP) is -1.40. The molecule has 0 saturated heterocycles. The minimum atomic E-state index is -3.81. The summed E-state index contributed by atoms with van der Waals surface area (Å²) in [6.07, 6.45) is 0. The van der Waals surface area contributed by atoms with Crippen LogP contribution in [0.5, 0.6) is 0 Å². The van der Waals surface area contributed by atoms with Gasteiger partial charge in [-0.3, -0.25) is 5.43 Å². The summed E-state index contributed by atoms with van der Waals surface area (Å²) in [4.78, 5) is 1.97. The number of halogens is 1. The normalized spacial score (nSPS) is 11.3. The van der Waals surface area contributed by atoms with Gasteiger partial charge in [0.2, 0.25) is 5.03 Å². The first kappa shape index (κ1) is 12.3. The van der Waals surface area contributed by atoms with Gasteiger partial charge in [0, 0.05) is 7.05 Å². The number of sulfonamides is 1. The third kappa shape index (κ3) is 2.84. The van der Waals surface area contributed by atoms with Crippen LogP contribution in [0.25, 0.3) is 0 Å². The van der Waals surface area contributed by atoms with E-state index < -0.39 is 10.0 Å². The fourth-order valence-electron chi connectivity index (χ4n) is 0.774. The molecule has 0 aliphatic carbocycles. The van der Waals surface area contributed by atoms with Crippen molar-refractivity contribution in [3.63, 3.8) is 0 Å². The Kier molecular flexibility index (Phi) is 3.59. The van der Waals surface area contributed by atoms with Gasteiger partial charge < -0.3 is 5.73 Å². The number of hydrazine groups is 1. The molecule has 15 heavy (non-hydrogen) atoms. The number of hydrogen-bond acceptors (Lipinski definition) is 5. The van der Waals surface area contributed by atoms with E-state index in [1.165, 1.54) is 7.05 Å². The fraction of sp³-hybridized carbons (Fsp3) is 0.250. The third-order valence-electron chi connectivity index (χ3n) is 1.30. The zero-order valence-electron chi connectivity index (χ0n) is 7.43. The molecule has 1 rings (SSSR count). The van der Waals surface area contributed by atoms with Crippen LogP contribution >= 0.6 is 28.1 Å². The average Bonchev–Trinajstić information content (AvgIpc) is 2.43. The highest BCUT2D eigenvalue weighted by Crippen LogP contribution is 2.16. The van der Waals surface area contributed by atoms with Crippen LogP contribution in [0.15, 0.2) is 9.63 Å². The monoisotopic (exact) mass is 314 g/mol. The summed E-state index contributed by atoms with van der Waals surface area (Å²) in [5.74, 6) is 0. The summed E-state index contributed by atoms with van der Waals surface area (Å²) in [6, 6.07) is 0. The predicted molar refractivity (Wildman–Crippen MR) is 58.9 cm³/mol. The Morgan fingerprint density at radius 2 is 2.27 bits per heavy atom. The van der Waals surface area contributed by atoms with Crippen LogP contribution in [0.4, 0.5) is 0 Å². The Hall–Kier alpha value is -0.780. The number of nitrogens with zero attached hydrogens (tertiary/aromatic N) is 3. The maximum absolute atomic E-state index is 11.6. The summed E-state index contributed by atoms with van der Waals surface area (Å²) in [6.45, 7) is 0. The zero-order chi connectivity index (χ0) is 11.6. The SMILES string of the molecule is Cn1nnc(Br)c1S(=O)(=O)NNC(N)=S. The Morgan fingerprint density at radius 3 is 2.67 bits per heavy atom. The van der Waals surface area contributed by atoms with Crippen LogP contribution < -0.4 is 16.0 Å². The quantitative estimate of drug-likeness (QED) is 0.464. The molecule has 0 bridgehead atoms. The lowest BCUT2D eigenvalue weighted by molar-refractivity contribution is 0.556. The minimum absolute atomic E-state index is 0.0993. The molecule has 0 unspecified atom stereocenters. The molecule has 11 heteroatoms. The summed E-state index contributed by atoms with van der Waals surface area (Å²) in [5, 5.41) is 6.72. The van der Waals surface area contributed by atoms with Gasteiger partial charge in [-0.15, -0.1) is 9.93 Å². The molecular weight excluding hydrogens is 308 g/mol. The minimum Gasteiger partial charge on any atom is -0.375 e. The van der Waals surface area contributed by atoms with E-state index in [2.05, 4.69) is 43.9 Å². The molecule has 8 nitrogen and oxygen atoms in total. The molecule has 0 fully saturated rings. The fourth-order valence-corrected chi connectivity index (χ4v) is 2.84. The summed E-state index contributed by atoms with van der Waals surface area (Å²) in [5.41, 5.74) is 7.18. The number of nitrogens with one attached hydrogen (secondary N) is 2. The standard InChI is InChI=1S/C4H7BrN6O2S2/c1-11-3(2(5)7-9-11)15(12,13)10-8-4(6)14/h10H,1H3,(H3,6,8,14). The van der Waals surface area contributed by atoms with Gasteiger partial charge in [0.15, 0.2) is 9.72 Å². The van der Waals surface area contributed by atoms with Crippen LogP contribution in [-0.4, -0.2) is 28.5 Å². The van der Waals surface area contributed by atoms with Crippen molar-refractivity contribution in [2.24, 2.45) is 12.8 Å². The Labute approximate surface area is 99.4 Å². The molecule has 0 aromatic carbocycles. The molecule has 0 radical (unpaired) electrons. The summed E-state index contributed by atoms with van der Waals surface area (Å²) in [7, 11) is -2.37. The van der Waals surface area contributed by atoms with Gasteiger partial charge in [-0.05, 0) is 28.1 Å². The van der Waals surface area contributed by atoms with Crippen molar-refractivity contribution in [1.82, 2.24) is 25.3 Å². The van der Waals surface area contributed by atoms with E-state index in [0.717, 1.165) is 4.68 Å². The van der Waals surface area contributed by atoms with Crippen LogP contribution in [0.2, 0.25) is 0 Å². The van der Waals surface area contributed by atoms with Crippen molar-refractivity contribution < 1.29 is 8.42 Å². The third-order valence-corrected chi connectivity index (χ3v) is 3.54. The van der Waals surface area contributed by atoms with Crippen molar-refractivity contribution in [3.8, 4) is 0 Å². The van der Waals surface area contributed by atoms with Crippen LogP contribution in [0.1, 0.15) is 0 Å². The first-order chi connectivity index (χ1) is 6.84. The van der Waals surface area contributed by atoms with E-state index >= 15 is 0 Å². The van der Waals surface area contributed by atoms with Gasteiger partial charge in [0.25, 0.3) is 10.0 Å². The summed E-state index contributed by atoms with van der Waals surface area (Å²) < 4.78 is 24.4. The number of thiocarbonyl (C=S) groups is 1. The maximum Gasteiger partial charge on any atom is 0.277 e. The Bertz CT molecular complexity index is 462. The second-order valence-electron chi connectivity index (χ2n) is 2.40. The van der Waals surface area contributed by atoms with E-state index in [1.807, 2.05) is 4.83 Å². The lowest BCUT2D eigenvalue weighted by Crippen LogP contribution is -2.44. The molecule has 0 aliphatic rings. The van der Waals surface area contributed by atoms with Gasteiger partial charge in [-0.1, -0.05) is 5.21 Å². The first-order valence-electron chi connectivity index (χ1n) is 3.47. The van der Waals surface area contributed by atoms with Crippen molar-refractivity contribution in [2.75, 3.05) is 0 Å². The van der Waals surface area contributed by atoms with E-state index in [4.69, 9.17) is 5.73 Å². The van der Waals surface area contributed by atoms with Crippen LogP contribution in [-0.2, 0) is 17.1 Å². The molecule has 84 valence electrons. The van der Waals surface area contributed by atoms with E-state index in [0.29, 0.717) is 0 Å². The van der Waals surface area contributed by atoms with Crippen LogP contribution in [0, 0.1) is 0 Å². The highest BCUT2D eigenvalue weighted by molar-refractivity contribution is 9.10. The molecule has 1 heterocycles. The molecule has 4 N–H and O–H groups in total. The van der Waals surface area contributed by atoms with Gasteiger partial charge >= 0.3 is 0 Å². The lowest BCUT2D eigenvalue weighted by atomic mass is 10.9. The first-order valence-corrected chi connectivity index (χ1v) is 6.15. The van der Waals surface area contributed by atoms with Gasteiger partial charge in [0.1, 0.15) is 0 Å². The highest BCUT2D eigenvalue weighted by atomic mass is 79.9. The molecule has 0 saturated carbocycles. The Morgan fingerprint density at radius 1 is 1.67 bits per heavy atom. The second-order valence-corrected chi connectivity index (χ2v) is 5.19. The van der Waals surface area contributed by atoms with E-state index in [-0.39, 0.29) is 14.7 Å². The highest BCUT2D eigenvalue weighted by Gasteiger charge is 2.23. The van der Waals surface area contributed by atoms with Crippen molar-refractivity contribution in [2.45, 2.75) is 5.03 Å². The summed E-state index contributed by atoms with van der Waals surface area (Å²) >= 11 is 7.40. The molecular formula is C4H7BrN6O2S2. The molecule has 1 aromatic heterocycles. The lowest BCUT2D eigenvalue weighted by Gasteiger charge is -2.07. The van der Waals surface area contributed by atoms with Crippen molar-refractivity contribution in [1.29, 1.82) is 0 Å². The number of aryl methyl sites for hydroxylation is 1. The van der Waals surface area contributed by atoms with Gasteiger partial charge in [0.05, 0.1) is 0 Å². The molecule has 1 aromatic rings. The van der Waals surface area contributed by atoms with Crippen molar-refractivity contribution in [3.05, 3.63) is 4.60 Å². The molecule has 0 amide bonds. The van der Waals surface area contributed by atoms with Gasteiger partial charge in [-0.2, -0.15) is 0 Å². The Balaban J connectivity index is 3.01. The maximum atomic E-state index is 11.6. The number of aromatic nitrogens is 3. The smallest absolute Gasteiger partial charge is 0.277 e. The van der Waals surface area contributed by atoms with E-state index in [9.17, 15) is 8.42 Å². The van der Waals surface area contributed by atoms with Crippen LogP contribution in [0.3, 0.4) is 0 Å². The zero-order valence-corrected chi connectivity index (χ0v) is 10.6. The van der Waals surface area contributed by atoms with E-state index in [1.54, 1.807) is 0 Å². The topological polar surface area (TPSA) is 115 Å². The number of hydrogen-bond donors (Lipinski definition) is 3. The second kappa shape index (κ2) is 4.38. The number of nitrogens with two attached hydrogens (primary N) is 1. The molecule has 0 atom stereocenters.